The molecule has 20 heavy (non-hydrogen) atoms. The topological polar surface area (TPSA) is 81.9 Å². The maximum Gasteiger partial charge on any atom is 0.237 e. The van der Waals surface area contributed by atoms with Gasteiger partial charge in [0.2, 0.25) is 10.0 Å². The van der Waals surface area contributed by atoms with Crippen LogP contribution in [0.1, 0.15) is 6.42 Å². The highest BCUT2D eigenvalue weighted by Gasteiger charge is 2.22. The third kappa shape index (κ3) is 4.66. The van der Waals surface area contributed by atoms with Crippen LogP contribution >= 0.6 is 0 Å². The molecule has 2 N–H and O–H groups in total. The molecule has 6 nitrogen and oxygen atoms in total. The van der Waals surface area contributed by atoms with E-state index in [2.05, 4.69) is 0 Å². The lowest BCUT2D eigenvalue weighted by atomic mass is 10.3. The third-order valence-corrected chi connectivity index (χ3v) is 4.54. The fraction of sp³-hybridized carbons (Fsp3) is 0.538. The van der Waals surface area contributed by atoms with E-state index in [0.717, 1.165) is 0 Å². The fourth-order valence-corrected chi connectivity index (χ4v) is 3.17. The van der Waals surface area contributed by atoms with Crippen molar-refractivity contribution >= 4 is 15.7 Å². The molecule has 0 radical (unpaired) electrons. The molecule has 0 heterocycles. The van der Waals surface area contributed by atoms with Crippen LogP contribution in [0.4, 0.5) is 5.69 Å². The van der Waals surface area contributed by atoms with E-state index in [1.807, 2.05) is 0 Å². The first kappa shape index (κ1) is 16.7. The Morgan fingerprint density at radius 1 is 1.30 bits per heavy atom. The van der Waals surface area contributed by atoms with E-state index < -0.39 is 10.0 Å². The predicted octanol–water partition coefficient (Wildman–Crippen LogP) is 0.827. The molecule has 1 aromatic carbocycles. The van der Waals surface area contributed by atoms with Crippen molar-refractivity contribution in [2.45, 2.75) is 6.42 Å². The Bertz CT molecular complexity index is 505. The van der Waals surface area contributed by atoms with Crippen molar-refractivity contribution in [1.29, 1.82) is 0 Å². The summed E-state index contributed by atoms with van der Waals surface area (Å²) in [6.45, 7) is 0.932. The van der Waals surface area contributed by atoms with Gasteiger partial charge in [-0.25, -0.2) is 8.42 Å². The van der Waals surface area contributed by atoms with Gasteiger partial charge >= 0.3 is 0 Å². The summed E-state index contributed by atoms with van der Waals surface area (Å²) in [6, 6.07) is 6.96. The number of methoxy groups -OCH3 is 2. The first-order chi connectivity index (χ1) is 9.55. The number of anilines is 1. The molecule has 0 fully saturated rings. The molecule has 0 spiro atoms. The van der Waals surface area contributed by atoms with Crippen LogP contribution in [-0.2, 0) is 14.8 Å². The number of benzene rings is 1. The van der Waals surface area contributed by atoms with Gasteiger partial charge in [-0.2, -0.15) is 0 Å². The minimum Gasteiger partial charge on any atom is -0.497 e. The molecule has 1 rings (SSSR count). The van der Waals surface area contributed by atoms with Crippen molar-refractivity contribution < 1.29 is 17.9 Å². The second-order valence-electron chi connectivity index (χ2n) is 4.22. The Kier molecular flexibility index (Phi) is 6.77. The maximum absolute atomic E-state index is 12.4. The molecule has 0 saturated carbocycles. The lowest BCUT2D eigenvalue weighted by Crippen LogP contribution is -2.36. The number of rotatable bonds is 9. The molecule has 1 aromatic rings. The smallest absolute Gasteiger partial charge is 0.237 e. The molecule has 0 aromatic heterocycles. The first-order valence-corrected chi connectivity index (χ1v) is 7.99. The Labute approximate surface area is 120 Å². The Hall–Kier alpha value is -1.31. The zero-order chi connectivity index (χ0) is 15.0. The second kappa shape index (κ2) is 8.08. The molecule has 0 saturated heterocycles. The van der Waals surface area contributed by atoms with Gasteiger partial charge in [-0.3, -0.25) is 4.31 Å². The van der Waals surface area contributed by atoms with Crippen molar-refractivity contribution in [1.82, 2.24) is 0 Å². The monoisotopic (exact) mass is 302 g/mol. The van der Waals surface area contributed by atoms with Crippen molar-refractivity contribution in [3.8, 4) is 5.75 Å². The van der Waals surface area contributed by atoms with Gasteiger partial charge in [-0.1, -0.05) is 6.07 Å². The van der Waals surface area contributed by atoms with Gasteiger partial charge < -0.3 is 15.2 Å². The SMILES string of the molecule is COCCS(=O)(=O)N(CCCN)c1cccc(OC)c1. The summed E-state index contributed by atoms with van der Waals surface area (Å²) in [5.41, 5.74) is 6.06. The average Bonchev–Trinajstić information content (AvgIpc) is 2.45. The van der Waals surface area contributed by atoms with E-state index >= 15 is 0 Å². The van der Waals surface area contributed by atoms with Crippen LogP contribution in [0, 0.1) is 0 Å². The van der Waals surface area contributed by atoms with Crippen molar-refractivity contribution in [3.05, 3.63) is 24.3 Å². The highest BCUT2D eigenvalue weighted by molar-refractivity contribution is 7.92. The number of hydrogen-bond donors (Lipinski definition) is 1. The van der Waals surface area contributed by atoms with Crippen LogP contribution in [-0.4, -0.2) is 48.1 Å². The molecule has 0 unspecified atom stereocenters. The normalized spacial score (nSPS) is 11.3. The van der Waals surface area contributed by atoms with Gasteiger partial charge in [0.05, 0.1) is 25.2 Å². The summed E-state index contributed by atoms with van der Waals surface area (Å²) >= 11 is 0. The molecule has 0 atom stereocenters. The van der Waals surface area contributed by atoms with Crippen LogP contribution in [0.2, 0.25) is 0 Å². The number of ether oxygens (including phenoxy) is 2. The number of hydrogen-bond acceptors (Lipinski definition) is 5. The third-order valence-electron chi connectivity index (χ3n) is 2.79. The molecule has 0 bridgehead atoms. The van der Waals surface area contributed by atoms with Gasteiger partial charge in [0.15, 0.2) is 0 Å². The van der Waals surface area contributed by atoms with Gasteiger partial charge in [-0.05, 0) is 25.1 Å². The van der Waals surface area contributed by atoms with Crippen LogP contribution in [0.5, 0.6) is 5.75 Å². The lowest BCUT2D eigenvalue weighted by molar-refractivity contribution is 0.217. The van der Waals surface area contributed by atoms with Gasteiger partial charge in [0, 0.05) is 19.7 Å². The van der Waals surface area contributed by atoms with Gasteiger partial charge in [0.1, 0.15) is 5.75 Å². The quantitative estimate of drug-likeness (QED) is 0.730. The van der Waals surface area contributed by atoms with Crippen molar-refractivity contribution in [2.75, 3.05) is 44.0 Å². The molecule has 0 aliphatic carbocycles. The molecular weight excluding hydrogens is 280 g/mol. The largest absolute Gasteiger partial charge is 0.497 e. The summed E-state index contributed by atoms with van der Waals surface area (Å²) in [7, 11) is -0.416. The number of nitrogens with zero attached hydrogens (tertiary/aromatic N) is 1. The molecule has 0 aliphatic rings. The molecular formula is C13H22N2O4S. The molecule has 0 amide bonds. The van der Waals surface area contributed by atoms with Gasteiger partial charge in [-0.15, -0.1) is 0 Å². The first-order valence-electron chi connectivity index (χ1n) is 6.38. The molecule has 7 heteroatoms. The fourth-order valence-electron chi connectivity index (χ4n) is 1.73. The van der Waals surface area contributed by atoms with Crippen molar-refractivity contribution in [2.24, 2.45) is 5.73 Å². The zero-order valence-corrected chi connectivity index (χ0v) is 12.7. The van der Waals surface area contributed by atoms with Gasteiger partial charge in [0.25, 0.3) is 0 Å². The summed E-state index contributed by atoms with van der Waals surface area (Å²) in [5, 5.41) is 0. The summed E-state index contributed by atoms with van der Waals surface area (Å²) in [5.74, 6) is 0.549. The number of nitrogens with two attached hydrogens (primary N) is 1. The van der Waals surface area contributed by atoms with E-state index in [4.69, 9.17) is 15.2 Å². The van der Waals surface area contributed by atoms with Crippen LogP contribution < -0.4 is 14.8 Å². The maximum atomic E-state index is 12.4. The minimum atomic E-state index is -3.44. The standard InChI is InChI=1S/C13H22N2O4S/c1-18-9-10-20(16,17)15(8-4-7-14)12-5-3-6-13(11-12)19-2/h3,5-6,11H,4,7-10,14H2,1-2H3. The lowest BCUT2D eigenvalue weighted by Gasteiger charge is -2.24. The predicted molar refractivity (Wildman–Crippen MR) is 79.7 cm³/mol. The zero-order valence-electron chi connectivity index (χ0n) is 11.9. The van der Waals surface area contributed by atoms with E-state index in [1.165, 1.54) is 11.4 Å². The van der Waals surface area contributed by atoms with E-state index in [9.17, 15) is 8.42 Å². The Morgan fingerprint density at radius 3 is 2.65 bits per heavy atom. The Morgan fingerprint density at radius 2 is 2.05 bits per heavy atom. The van der Waals surface area contributed by atoms with E-state index in [-0.39, 0.29) is 12.4 Å². The average molecular weight is 302 g/mol. The summed E-state index contributed by atoms with van der Waals surface area (Å²) in [4.78, 5) is 0. The second-order valence-corrected chi connectivity index (χ2v) is 6.24. The van der Waals surface area contributed by atoms with Crippen LogP contribution in [0.3, 0.4) is 0 Å². The van der Waals surface area contributed by atoms with Crippen molar-refractivity contribution in [3.63, 3.8) is 0 Å². The van der Waals surface area contributed by atoms with E-state index in [0.29, 0.717) is 30.9 Å². The Balaban J connectivity index is 3.04. The van der Waals surface area contributed by atoms with E-state index in [1.54, 1.807) is 31.4 Å². The van der Waals surface area contributed by atoms with Crippen LogP contribution in [0.15, 0.2) is 24.3 Å². The van der Waals surface area contributed by atoms with Crippen LogP contribution in [0.25, 0.3) is 0 Å². The summed E-state index contributed by atoms with van der Waals surface area (Å²) < 4.78 is 36.1. The highest BCUT2D eigenvalue weighted by atomic mass is 32.2. The molecule has 0 aliphatic heterocycles. The molecule has 114 valence electrons. The minimum absolute atomic E-state index is 0.0642. The summed E-state index contributed by atoms with van der Waals surface area (Å²) in [6.07, 6.45) is 0.587. The highest BCUT2D eigenvalue weighted by Crippen LogP contribution is 2.23. The number of sulfonamides is 1.